The van der Waals surface area contributed by atoms with Gasteiger partial charge in [-0.15, -0.1) is 0 Å². The zero-order valence-corrected chi connectivity index (χ0v) is 14.6. The first kappa shape index (κ1) is 16.0. The normalized spacial score (nSPS) is 24.1. The number of rotatable bonds is 5. The molecule has 3 unspecified atom stereocenters. The first-order valence-electron chi connectivity index (χ1n) is 7.66. The molecule has 0 aliphatic carbocycles. The van der Waals surface area contributed by atoms with Gasteiger partial charge in [0, 0.05) is 23.0 Å². The van der Waals surface area contributed by atoms with Crippen LogP contribution in [0.25, 0.3) is 0 Å². The van der Waals surface area contributed by atoms with Crippen LogP contribution in [-0.2, 0) is 4.74 Å². The van der Waals surface area contributed by atoms with Gasteiger partial charge in [-0.25, -0.2) is 0 Å². The summed E-state index contributed by atoms with van der Waals surface area (Å²) >= 11 is 3.63. The first-order valence-corrected chi connectivity index (χ1v) is 8.45. The molecule has 1 aromatic carbocycles. The third-order valence-corrected chi connectivity index (χ3v) is 5.21. The number of hydrogen-bond acceptors (Lipinski definition) is 2. The van der Waals surface area contributed by atoms with Crippen molar-refractivity contribution in [2.75, 3.05) is 13.2 Å². The third-order valence-electron chi connectivity index (χ3n) is 4.36. The van der Waals surface area contributed by atoms with E-state index in [1.807, 2.05) is 0 Å². The van der Waals surface area contributed by atoms with Crippen LogP contribution >= 0.6 is 15.9 Å². The minimum atomic E-state index is 0.340. The van der Waals surface area contributed by atoms with E-state index < -0.39 is 0 Å². The Morgan fingerprint density at radius 3 is 2.70 bits per heavy atom. The Morgan fingerprint density at radius 1 is 1.35 bits per heavy atom. The fraction of sp³-hybridized carbons (Fsp3) is 0.647. The smallest absolute Gasteiger partial charge is 0.0594 e. The highest BCUT2D eigenvalue weighted by Crippen LogP contribution is 2.36. The predicted octanol–water partition coefficient (Wildman–Crippen LogP) is 4.53. The van der Waals surface area contributed by atoms with E-state index in [9.17, 15) is 0 Å². The summed E-state index contributed by atoms with van der Waals surface area (Å²) in [5, 5.41) is 3.75. The molecule has 0 spiro atoms. The third kappa shape index (κ3) is 3.44. The van der Waals surface area contributed by atoms with E-state index in [0.29, 0.717) is 18.1 Å². The van der Waals surface area contributed by atoms with Crippen LogP contribution in [0.1, 0.15) is 49.4 Å². The second-order valence-corrected chi connectivity index (χ2v) is 6.77. The molecule has 3 atom stereocenters. The summed E-state index contributed by atoms with van der Waals surface area (Å²) in [5.41, 5.74) is 4.09. The van der Waals surface area contributed by atoms with Gasteiger partial charge in [-0.2, -0.15) is 0 Å². The largest absolute Gasteiger partial charge is 0.378 e. The molecular formula is C17H26BrNO. The number of benzene rings is 1. The standard InChI is InChI=1S/C17H26BrNO/c1-5-7-19-17(14-6-8-20-13(14)4)15-9-12(3)16(18)10-11(15)2/h9-10,13-14,17,19H,5-8H2,1-4H3. The minimum absolute atomic E-state index is 0.340. The molecule has 1 heterocycles. The predicted molar refractivity (Wildman–Crippen MR) is 88.2 cm³/mol. The van der Waals surface area contributed by atoms with E-state index in [2.05, 4.69) is 61.1 Å². The molecule has 0 radical (unpaired) electrons. The van der Waals surface area contributed by atoms with Gasteiger partial charge in [0.15, 0.2) is 0 Å². The Morgan fingerprint density at radius 2 is 2.10 bits per heavy atom. The molecule has 1 N–H and O–H groups in total. The molecular weight excluding hydrogens is 314 g/mol. The summed E-state index contributed by atoms with van der Waals surface area (Å²) in [6, 6.07) is 4.98. The second-order valence-electron chi connectivity index (χ2n) is 5.92. The molecule has 1 aromatic rings. The summed E-state index contributed by atoms with van der Waals surface area (Å²) in [6.45, 7) is 10.8. The highest BCUT2D eigenvalue weighted by Gasteiger charge is 2.33. The van der Waals surface area contributed by atoms with E-state index in [-0.39, 0.29) is 0 Å². The molecule has 112 valence electrons. The molecule has 1 fully saturated rings. The molecule has 0 bridgehead atoms. The molecule has 1 saturated heterocycles. The molecule has 2 nitrogen and oxygen atoms in total. The van der Waals surface area contributed by atoms with Crippen LogP contribution in [0.2, 0.25) is 0 Å². The van der Waals surface area contributed by atoms with Gasteiger partial charge < -0.3 is 10.1 Å². The minimum Gasteiger partial charge on any atom is -0.378 e. The first-order chi connectivity index (χ1) is 9.54. The number of nitrogens with one attached hydrogen (secondary N) is 1. The summed E-state index contributed by atoms with van der Waals surface area (Å²) in [5.74, 6) is 0.570. The van der Waals surface area contributed by atoms with Crippen molar-refractivity contribution in [3.05, 3.63) is 33.3 Å². The van der Waals surface area contributed by atoms with Crippen molar-refractivity contribution in [1.82, 2.24) is 5.32 Å². The van der Waals surface area contributed by atoms with Crippen LogP contribution in [0, 0.1) is 19.8 Å². The average Bonchev–Trinajstić information content (AvgIpc) is 2.82. The topological polar surface area (TPSA) is 21.3 Å². The van der Waals surface area contributed by atoms with Gasteiger partial charge in [0.25, 0.3) is 0 Å². The van der Waals surface area contributed by atoms with Crippen molar-refractivity contribution in [1.29, 1.82) is 0 Å². The van der Waals surface area contributed by atoms with Gasteiger partial charge in [0.2, 0.25) is 0 Å². The van der Waals surface area contributed by atoms with E-state index in [1.165, 1.54) is 21.2 Å². The lowest BCUT2D eigenvalue weighted by Gasteiger charge is -2.29. The Hall–Kier alpha value is -0.380. The lowest BCUT2D eigenvalue weighted by atomic mass is 9.85. The number of ether oxygens (including phenoxy) is 1. The fourth-order valence-electron chi connectivity index (χ4n) is 3.12. The van der Waals surface area contributed by atoms with Crippen molar-refractivity contribution in [3.8, 4) is 0 Å². The summed E-state index contributed by atoms with van der Waals surface area (Å²) < 4.78 is 6.99. The van der Waals surface area contributed by atoms with Gasteiger partial charge in [-0.05, 0) is 62.9 Å². The van der Waals surface area contributed by atoms with Gasteiger partial charge in [-0.1, -0.05) is 28.9 Å². The SMILES string of the molecule is CCCNC(c1cc(C)c(Br)cc1C)C1CCOC1C. The zero-order chi connectivity index (χ0) is 14.7. The quantitative estimate of drug-likeness (QED) is 0.850. The Kier molecular flexibility index (Phi) is 5.65. The number of halogens is 1. The van der Waals surface area contributed by atoms with Crippen molar-refractivity contribution >= 4 is 15.9 Å². The van der Waals surface area contributed by atoms with E-state index in [4.69, 9.17) is 4.74 Å². The molecule has 20 heavy (non-hydrogen) atoms. The van der Waals surface area contributed by atoms with E-state index in [1.54, 1.807) is 0 Å². The summed E-state index contributed by atoms with van der Waals surface area (Å²) in [6.07, 6.45) is 2.65. The lowest BCUT2D eigenvalue weighted by molar-refractivity contribution is 0.0953. The van der Waals surface area contributed by atoms with Crippen LogP contribution in [0.15, 0.2) is 16.6 Å². The lowest BCUT2D eigenvalue weighted by Crippen LogP contribution is -2.33. The molecule has 2 rings (SSSR count). The maximum Gasteiger partial charge on any atom is 0.0594 e. The van der Waals surface area contributed by atoms with Crippen LogP contribution in [0.4, 0.5) is 0 Å². The van der Waals surface area contributed by atoms with Crippen molar-refractivity contribution in [2.24, 2.45) is 5.92 Å². The van der Waals surface area contributed by atoms with Gasteiger partial charge in [0.1, 0.15) is 0 Å². The van der Waals surface area contributed by atoms with Gasteiger partial charge in [0.05, 0.1) is 6.10 Å². The highest BCUT2D eigenvalue weighted by atomic mass is 79.9. The summed E-state index contributed by atoms with van der Waals surface area (Å²) in [7, 11) is 0. The molecule has 0 saturated carbocycles. The zero-order valence-electron chi connectivity index (χ0n) is 13.0. The Balaban J connectivity index is 2.32. The monoisotopic (exact) mass is 339 g/mol. The number of aryl methyl sites for hydroxylation is 2. The molecule has 1 aliphatic rings. The fourth-order valence-corrected chi connectivity index (χ4v) is 3.57. The maximum atomic E-state index is 5.79. The Labute approximate surface area is 131 Å². The maximum absolute atomic E-state index is 5.79. The van der Waals surface area contributed by atoms with Crippen LogP contribution in [0.3, 0.4) is 0 Å². The van der Waals surface area contributed by atoms with Crippen LogP contribution in [0.5, 0.6) is 0 Å². The van der Waals surface area contributed by atoms with Crippen LogP contribution < -0.4 is 5.32 Å². The molecule has 0 amide bonds. The summed E-state index contributed by atoms with van der Waals surface area (Å²) in [4.78, 5) is 0. The molecule has 0 aromatic heterocycles. The average molecular weight is 340 g/mol. The molecule has 1 aliphatic heterocycles. The second kappa shape index (κ2) is 7.06. The van der Waals surface area contributed by atoms with Crippen molar-refractivity contribution < 1.29 is 4.74 Å². The van der Waals surface area contributed by atoms with Gasteiger partial charge >= 0.3 is 0 Å². The van der Waals surface area contributed by atoms with Crippen molar-refractivity contribution in [2.45, 2.75) is 52.7 Å². The number of hydrogen-bond donors (Lipinski definition) is 1. The highest BCUT2D eigenvalue weighted by molar-refractivity contribution is 9.10. The van der Waals surface area contributed by atoms with E-state index >= 15 is 0 Å². The van der Waals surface area contributed by atoms with Gasteiger partial charge in [-0.3, -0.25) is 0 Å². The van der Waals surface area contributed by atoms with E-state index in [0.717, 1.165) is 26.0 Å². The Bertz CT molecular complexity index is 461. The molecule has 3 heteroatoms. The van der Waals surface area contributed by atoms with Crippen molar-refractivity contribution in [3.63, 3.8) is 0 Å². The van der Waals surface area contributed by atoms with Crippen LogP contribution in [-0.4, -0.2) is 19.3 Å².